The largest absolute Gasteiger partial charge is 0.340 e. The fourth-order valence-corrected chi connectivity index (χ4v) is 10.3. The summed E-state index contributed by atoms with van der Waals surface area (Å²) in [6.07, 6.45) is 17.0. The Balaban J connectivity index is 1.44. The van der Waals surface area contributed by atoms with E-state index in [2.05, 4.69) is 46.4 Å². The quantitative estimate of drug-likeness (QED) is 0.376. The Bertz CT molecular complexity index is 686. The van der Waals surface area contributed by atoms with Gasteiger partial charge in [-0.05, 0) is 117 Å². The minimum atomic E-state index is 0.285. The molecule has 0 aliphatic heterocycles. The first-order valence-electron chi connectivity index (χ1n) is 14.9. The second-order valence-corrected chi connectivity index (χ2v) is 13.9. The van der Waals surface area contributed by atoms with Crippen LogP contribution in [0.25, 0.3) is 0 Å². The van der Waals surface area contributed by atoms with E-state index in [9.17, 15) is 4.79 Å². The Hall–Kier alpha value is -0.530. The molecule has 4 rings (SSSR count). The summed E-state index contributed by atoms with van der Waals surface area (Å²) < 4.78 is 0. The van der Waals surface area contributed by atoms with E-state index in [1.54, 1.807) is 6.92 Å². The summed E-state index contributed by atoms with van der Waals surface area (Å²) >= 11 is 0. The van der Waals surface area contributed by atoms with Crippen molar-refractivity contribution in [1.82, 2.24) is 4.90 Å². The molecule has 1 amide bonds. The third-order valence-corrected chi connectivity index (χ3v) is 12.0. The molecule has 4 fully saturated rings. The van der Waals surface area contributed by atoms with Crippen LogP contribution in [0.1, 0.15) is 126 Å². The molecule has 9 atom stereocenters. The molecule has 9 unspecified atom stereocenters. The highest BCUT2D eigenvalue weighted by atomic mass is 16.2. The molecule has 0 radical (unpaired) electrons. The van der Waals surface area contributed by atoms with Gasteiger partial charge in [0.05, 0.1) is 0 Å². The summed E-state index contributed by atoms with van der Waals surface area (Å²) in [5, 5.41) is 0. The molecule has 0 spiro atoms. The minimum absolute atomic E-state index is 0.285. The van der Waals surface area contributed by atoms with E-state index < -0.39 is 0 Å². The predicted octanol–water partition coefficient (Wildman–Crippen LogP) is 8.34. The van der Waals surface area contributed by atoms with Crippen molar-refractivity contribution in [3.8, 4) is 0 Å². The third kappa shape index (κ3) is 4.55. The Labute approximate surface area is 206 Å². The van der Waals surface area contributed by atoms with Crippen LogP contribution in [0.4, 0.5) is 0 Å². The van der Waals surface area contributed by atoms with Crippen molar-refractivity contribution in [2.24, 2.45) is 52.3 Å². The molecule has 0 aromatic rings. The Morgan fingerprint density at radius 1 is 0.909 bits per heavy atom. The van der Waals surface area contributed by atoms with Crippen LogP contribution < -0.4 is 0 Å². The zero-order valence-corrected chi connectivity index (χ0v) is 23.2. The summed E-state index contributed by atoms with van der Waals surface area (Å²) in [5.74, 6) is 6.74. The molecule has 0 bridgehead atoms. The van der Waals surface area contributed by atoms with Gasteiger partial charge in [-0.2, -0.15) is 0 Å². The lowest BCUT2D eigenvalue weighted by Gasteiger charge is -2.62. The number of fused-ring (bicyclic) bond motifs is 5. The van der Waals surface area contributed by atoms with Crippen LogP contribution in [0.3, 0.4) is 0 Å². The number of hydrogen-bond donors (Lipinski definition) is 0. The maximum absolute atomic E-state index is 12.2. The molecule has 0 heterocycles. The molecule has 4 aliphatic rings. The Morgan fingerprint density at radius 3 is 2.27 bits per heavy atom. The topological polar surface area (TPSA) is 20.3 Å². The van der Waals surface area contributed by atoms with Gasteiger partial charge in [-0.3, -0.25) is 4.79 Å². The van der Waals surface area contributed by atoms with Gasteiger partial charge in [-0.1, -0.05) is 53.9 Å². The molecule has 0 aromatic carbocycles. The van der Waals surface area contributed by atoms with Crippen molar-refractivity contribution >= 4 is 5.91 Å². The van der Waals surface area contributed by atoms with Crippen LogP contribution >= 0.6 is 0 Å². The maximum Gasteiger partial charge on any atom is 0.219 e. The fraction of sp³-hybridized carbons (Fsp3) is 0.968. The number of nitrogens with zero attached hydrogens (tertiary/aromatic N) is 1. The smallest absolute Gasteiger partial charge is 0.219 e. The first kappa shape index (κ1) is 25.6. The van der Waals surface area contributed by atoms with Crippen molar-refractivity contribution in [2.45, 2.75) is 132 Å². The highest BCUT2D eigenvalue weighted by molar-refractivity contribution is 5.73. The first-order valence-corrected chi connectivity index (χ1v) is 14.9. The molecule has 0 aromatic heterocycles. The van der Waals surface area contributed by atoms with Gasteiger partial charge in [0.15, 0.2) is 0 Å². The van der Waals surface area contributed by atoms with Crippen LogP contribution in [0, 0.1) is 52.3 Å². The number of carbonyl (C=O) groups is 1. The van der Waals surface area contributed by atoms with Gasteiger partial charge in [0.1, 0.15) is 0 Å². The first-order chi connectivity index (χ1) is 15.6. The minimum Gasteiger partial charge on any atom is -0.340 e. The van der Waals surface area contributed by atoms with Crippen molar-refractivity contribution < 1.29 is 4.79 Å². The zero-order chi connectivity index (χ0) is 24.0. The molecule has 0 N–H and O–H groups in total. The van der Waals surface area contributed by atoms with Crippen molar-refractivity contribution in [1.29, 1.82) is 0 Å². The predicted molar refractivity (Wildman–Crippen MR) is 140 cm³/mol. The van der Waals surface area contributed by atoms with E-state index in [0.717, 1.165) is 48.0 Å². The fourth-order valence-electron chi connectivity index (χ4n) is 10.3. The molecule has 0 saturated heterocycles. The standard InChI is InChI=1S/C31H55NO/c1-8-32(23(5)33)25-16-18-30(6)24(20-25)12-13-26-28-15-14-27(22(4)11-9-10-21(2)3)31(28,7)19-17-29(26)30/h21-22,24-29H,8-20H2,1-7H3. The highest BCUT2D eigenvalue weighted by Crippen LogP contribution is 2.68. The summed E-state index contributed by atoms with van der Waals surface area (Å²) in [6, 6.07) is 0.499. The van der Waals surface area contributed by atoms with Crippen LogP contribution in [-0.4, -0.2) is 23.4 Å². The van der Waals surface area contributed by atoms with Crippen molar-refractivity contribution in [3.63, 3.8) is 0 Å². The molecule has 33 heavy (non-hydrogen) atoms. The second-order valence-electron chi connectivity index (χ2n) is 13.9. The summed E-state index contributed by atoms with van der Waals surface area (Å²) in [7, 11) is 0. The summed E-state index contributed by atoms with van der Waals surface area (Å²) in [5.41, 5.74) is 1.13. The highest BCUT2D eigenvalue weighted by Gasteiger charge is 2.60. The number of carbonyl (C=O) groups excluding carboxylic acids is 1. The molecule has 2 nitrogen and oxygen atoms in total. The Morgan fingerprint density at radius 2 is 1.61 bits per heavy atom. The number of hydrogen-bond acceptors (Lipinski definition) is 1. The second kappa shape index (κ2) is 9.85. The van der Waals surface area contributed by atoms with Crippen LogP contribution in [-0.2, 0) is 4.79 Å². The maximum atomic E-state index is 12.2. The monoisotopic (exact) mass is 457 g/mol. The van der Waals surface area contributed by atoms with Gasteiger partial charge >= 0.3 is 0 Å². The average molecular weight is 458 g/mol. The molecular weight excluding hydrogens is 402 g/mol. The molecule has 190 valence electrons. The lowest BCUT2D eigenvalue weighted by Crippen LogP contribution is -2.56. The average Bonchev–Trinajstić information content (AvgIpc) is 3.11. The van der Waals surface area contributed by atoms with Crippen LogP contribution in [0.15, 0.2) is 0 Å². The van der Waals surface area contributed by atoms with E-state index in [1.807, 2.05) is 0 Å². The summed E-state index contributed by atoms with van der Waals surface area (Å²) in [6.45, 7) is 17.6. The van der Waals surface area contributed by atoms with E-state index in [4.69, 9.17) is 0 Å². The van der Waals surface area contributed by atoms with Crippen LogP contribution in [0.2, 0.25) is 0 Å². The number of rotatable bonds is 7. The molecule has 4 saturated carbocycles. The number of amides is 1. The van der Waals surface area contributed by atoms with Crippen molar-refractivity contribution in [2.75, 3.05) is 6.54 Å². The molecular formula is C31H55NO. The lowest BCUT2D eigenvalue weighted by atomic mass is 9.44. The van der Waals surface area contributed by atoms with E-state index in [0.29, 0.717) is 16.9 Å². The van der Waals surface area contributed by atoms with Crippen molar-refractivity contribution in [3.05, 3.63) is 0 Å². The van der Waals surface area contributed by atoms with E-state index >= 15 is 0 Å². The lowest BCUT2D eigenvalue weighted by molar-refractivity contribution is -0.141. The van der Waals surface area contributed by atoms with Gasteiger partial charge in [-0.15, -0.1) is 0 Å². The normalized spacial score (nSPS) is 43.5. The van der Waals surface area contributed by atoms with Gasteiger partial charge < -0.3 is 4.90 Å². The third-order valence-electron chi connectivity index (χ3n) is 12.0. The molecule has 2 heteroatoms. The molecule has 4 aliphatic carbocycles. The van der Waals surface area contributed by atoms with E-state index in [1.165, 1.54) is 77.0 Å². The van der Waals surface area contributed by atoms with Gasteiger partial charge in [0.25, 0.3) is 0 Å². The van der Waals surface area contributed by atoms with Gasteiger partial charge in [0, 0.05) is 19.5 Å². The zero-order valence-electron chi connectivity index (χ0n) is 23.2. The van der Waals surface area contributed by atoms with Gasteiger partial charge in [-0.25, -0.2) is 0 Å². The Kier molecular flexibility index (Phi) is 7.63. The van der Waals surface area contributed by atoms with Crippen LogP contribution in [0.5, 0.6) is 0 Å². The SMILES string of the molecule is CCN(C(C)=O)C1CCC2(C)C(CCC3C2CCC2(C)C(C(C)CCCC(C)C)CCC32)C1. The van der Waals surface area contributed by atoms with Gasteiger partial charge in [0.2, 0.25) is 5.91 Å². The van der Waals surface area contributed by atoms with E-state index in [-0.39, 0.29) is 5.91 Å². The summed E-state index contributed by atoms with van der Waals surface area (Å²) in [4.78, 5) is 14.4.